The zero-order chi connectivity index (χ0) is 14.4. The molecule has 0 saturated heterocycles. The minimum atomic E-state index is -0.0932. The van der Waals surface area contributed by atoms with Gasteiger partial charge in [-0.05, 0) is 36.8 Å². The van der Waals surface area contributed by atoms with Gasteiger partial charge >= 0.3 is 0 Å². The second kappa shape index (κ2) is 7.36. The van der Waals surface area contributed by atoms with Gasteiger partial charge in [0.25, 0.3) is 5.91 Å². The minimum absolute atomic E-state index is 0.0932. The van der Waals surface area contributed by atoms with Crippen LogP contribution in [0.4, 0.5) is 0 Å². The van der Waals surface area contributed by atoms with Crippen molar-refractivity contribution in [1.29, 1.82) is 0 Å². The fourth-order valence-electron chi connectivity index (χ4n) is 2.85. The largest absolute Gasteiger partial charge is 0.396 e. The average molecular weight is 277 g/mol. The van der Waals surface area contributed by atoms with Gasteiger partial charge < -0.3 is 16.2 Å². The second-order valence-corrected chi connectivity index (χ2v) is 5.44. The van der Waals surface area contributed by atoms with E-state index in [4.69, 9.17) is 5.73 Å². The molecule has 0 spiro atoms. The van der Waals surface area contributed by atoms with Crippen LogP contribution in [0.1, 0.15) is 41.7 Å². The highest BCUT2D eigenvalue weighted by Crippen LogP contribution is 2.29. The van der Waals surface area contributed by atoms with Gasteiger partial charge in [-0.25, -0.2) is 0 Å². The maximum Gasteiger partial charge on any atom is 0.251 e. The van der Waals surface area contributed by atoms with Crippen LogP contribution in [0.15, 0.2) is 18.3 Å². The molecule has 5 heteroatoms. The van der Waals surface area contributed by atoms with Crippen LogP contribution in [0.5, 0.6) is 0 Å². The molecule has 2 rings (SSSR count). The summed E-state index contributed by atoms with van der Waals surface area (Å²) in [5.74, 6) is 0.610. The molecule has 1 heterocycles. The van der Waals surface area contributed by atoms with Crippen molar-refractivity contribution >= 4 is 5.91 Å². The van der Waals surface area contributed by atoms with Gasteiger partial charge in [-0.15, -0.1) is 0 Å². The number of aliphatic hydroxyl groups is 1. The van der Waals surface area contributed by atoms with E-state index in [-0.39, 0.29) is 12.5 Å². The molecule has 1 aromatic rings. The monoisotopic (exact) mass is 277 g/mol. The molecule has 0 bridgehead atoms. The van der Waals surface area contributed by atoms with Crippen molar-refractivity contribution in [3.05, 3.63) is 29.6 Å². The molecule has 4 N–H and O–H groups in total. The molecule has 110 valence electrons. The first kappa shape index (κ1) is 14.9. The molecule has 1 aliphatic rings. The van der Waals surface area contributed by atoms with E-state index >= 15 is 0 Å². The summed E-state index contributed by atoms with van der Waals surface area (Å²) in [7, 11) is 0. The molecule has 0 aliphatic heterocycles. The Morgan fingerprint density at radius 3 is 2.85 bits per heavy atom. The molecule has 1 aliphatic carbocycles. The number of aromatic nitrogens is 1. The Bertz CT molecular complexity index is 450. The SMILES string of the molecule is NCc1cc(C(=O)NCC2CCCCC2CO)ccn1. The Morgan fingerprint density at radius 2 is 2.15 bits per heavy atom. The number of nitrogens with one attached hydrogen (secondary N) is 1. The van der Waals surface area contributed by atoms with Crippen molar-refractivity contribution in [1.82, 2.24) is 10.3 Å². The van der Waals surface area contributed by atoms with Gasteiger partial charge in [0.1, 0.15) is 0 Å². The summed E-state index contributed by atoms with van der Waals surface area (Å²) < 4.78 is 0. The molecule has 1 amide bonds. The van der Waals surface area contributed by atoms with Gasteiger partial charge in [0.15, 0.2) is 0 Å². The summed E-state index contributed by atoms with van der Waals surface area (Å²) in [4.78, 5) is 16.2. The molecule has 20 heavy (non-hydrogen) atoms. The fraction of sp³-hybridized carbons (Fsp3) is 0.600. The van der Waals surface area contributed by atoms with E-state index < -0.39 is 0 Å². The van der Waals surface area contributed by atoms with Crippen molar-refractivity contribution in [2.45, 2.75) is 32.2 Å². The fourth-order valence-corrected chi connectivity index (χ4v) is 2.85. The predicted molar refractivity (Wildman–Crippen MR) is 77.0 cm³/mol. The summed E-state index contributed by atoms with van der Waals surface area (Å²) in [6.07, 6.45) is 6.11. The predicted octanol–water partition coefficient (Wildman–Crippen LogP) is 1.07. The summed E-state index contributed by atoms with van der Waals surface area (Å²) in [6, 6.07) is 3.42. The number of nitrogens with zero attached hydrogens (tertiary/aromatic N) is 1. The van der Waals surface area contributed by atoms with Crippen LogP contribution in [0.25, 0.3) is 0 Å². The van der Waals surface area contributed by atoms with Gasteiger partial charge in [-0.3, -0.25) is 9.78 Å². The van der Waals surface area contributed by atoms with Crippen LogP contribution in [-0.4, -0.2) is 29.1 Å². The van der Waals surface area contributed by atoms with Crippen molar-refractivity contribution in [2.24, 2.45) is 17.6 Å². The smallest absolute Gasteiger partial charge is 0.251 e. The number of carbonyl (C=O) groups excluding carboxylic acids is 1. The van der Waals surface area contributed by atoms with Crippen LogP contribution >= 0.6 is 0 Å². The number of nitrogens with two attached hydrogens (primary N) is 1. The van der Waals surface area contributed by atoms with Crippen LogP contribution in [0.2, 0.25) is 0 Å². The normalized spacial score (nSPS) is 22.5. The Balaban J connectivity index is 1.90. The number of hydrogen-bond donors (Lipinski definition) is 3. The lowest BCUT2D eigenvalue weighted by Gasteiger charge is -2.30. The highest BCUT2D eigenvalue weighted by Gasteiger charge is 2.24. The first-order valence-corrected chi connectivity index (χ1v) is 7.28. The highest BCUT2D eigenvalue weighted by atomic mass is 16.3. The maximum atomic E-state index is 12.1. The van der Waals surface area contributed by atoms with Crippen LogP contribution in [0.3, 0.4) is 0 Å². The molecular formula is C15H23N3O2. The Hall–Kier alpha value is -1.46. The second-order valence-electron chi connectivity index (χ2n) is 5.44. The van der Waals surface area contributed by atoms with Gasteiger partial charge in [-0.2, -0.15) is 0 Å². The third-order valence-electron chi connectivity index (χ3n) is 4.11. The number of carbonyl (C=O) groups is 1. The Morgan fingerprint density at radius 1 is 1.40 bits per heavy atom. The standard InChI is InChI=1S/C15H23N3O2/c16-8-14-7-11(5-6-17-14)15(20)18-9-12-3-1-2-4-13(12)10-19/h5-7,12-13,19H,1-4,8-10,16H2,(H,18,20). The lowest BCUT2D eigenvalue weighted by atomic mass is 9.79. The number of rotatable bonds is 5. The lowest BCUT2D eigenvalue weighted by molar-refractivity contribution is 0.0909. The third-order valence-corrected chi connectivity index (χ3v) is 4.11. The van der Waals surface area contributed by atoms with Gasteiger partial charge in [0, 0.05) is 31.5 Å². The van der Waals surface area contributed by atoms with Crippen molar-refractivity contribution in [3.63, 3.8) is 0 Å². The molecule has 0 aromatic carbocycles. The third kappa shape index (κ3) is 3.77. The van der Waals surface area contributed by atoms with E-state index in [1.165, 1.54) is 12.8 Å². The summed E-state index contributed by atoms with van der Waals surface area (Å²) >= 11 is 0. The number of hydrogen-bond acceptors (Lipinski definition) is 4. The zero-order valence-electron chi connectivity index (χ0n) is 11.7. The summed E-state index contributed by atoms with van der Waals surface area (Å²) in [6.45, 7) is 1.17. The topological polar surface area (TPSA) is 88.2 Å². The molecule has 2 atom stereocenters. The van der Waals surface area contributed by atoms with Gasteiger partial charge in [-0.1, -0.05) is 12.8 Å². The first-order valence-electron chi connectivity index (χ1n) is 7.28. The van der Waals surface area contributed by atoms with Crippen LogP contribution in [0, 0.1) is 11.8 Å². The summed E-state index contributed by atoms with van der Waals surface area (Å²) in [5, 5.41) is 12.3. The van der Waals surface area contributed by atoms with E-state index in [0.717, 1.165) is 12.8 Å². The Labute approximate surface area is 119 Å². The molecule has 2 unspecified atom stereocenters. The number of pyridine rings is 1. The molecule has 5 nitrogen and oxygen atoms in total. The average Bonchev–Trinajstić information content (AvgIpc) is 2.52. The van der Waals surface area contributed by atoms with Crippen molar-refractivity contribution < 1.29 is 9.90 Å². The number of amides is 1. The minimum Gasteiger partial charge on any atom is -0.396 e. The van der Waals surface area contributed by atoms with Crippen molar-refractivity contribution in [3.8, 4) is 0 Å². The molecule has 1 saturated carbocycles. The number of aliphatic hydroxyl groups excluding tert-OH is 1. The van der Waals surface area contributed by atoms with E-state index in [9.17, 15) is 9.90 Å². The van der Waals surface area contributed by atoms with Crippen LogP contribution < -0.4 is 11.1 Å². The quantitative estimate of drug-likeness (QED) is 0.751. The maximum absolute atomic E-state index is 12.1. The van der Waals surface area contributed by atoms with Gasteiger partial charge in [0.05, 0.1) is 5.69 Å². The van der Waals surface area contributed by atoms with Crippen LogP contribution in [-0.2, 0) is 6.54 Å². The van der Waals surface area contributed by atoms with Crippen molar-refractivity contribution in [2.75, 3.05) is 13.2 Å². The Kier molecular flexibility index (Phi) is 5.49. The highest BCUT2D eigenvalue weighted by molar-refractivity contribution is 5.94. The van der Waals surface area contributed by atoms with E-state index in [0.29, 0.717) is 36.2 Å². The molecule has 1 fully saturated rings. The zero-order valence-corrected chi connectivity index (χ0v) is 11.7. The summed E-state index contributed by atoms with van der Waals surface area (Å²) in [5.41, 5.74) is 6.83. The van der Waals surface area contributed by atoms with E-state index in [2.05, 4.69) is 10.3 Å². The molecular weight excluding hydrogens is 254 g/mol. The molecule has 1 aromatic heterocycles. The van der Waals surface area contributed by atoms with Gasteiger partial charge in [0.2, 0.25) is 0 Å². The molecule has 0 radical (unpaired) electrons. The first-order chi connectivity index (χ1) is 9.74. The van der Waals surface area contributed by atoms with E-state index in [1.54, 1.807) is 18.3 Å². The van der Waals surface area contributed by atoms with E-state index in [1.807, 2.05) is 0 Å². The lowest BCUT2D eigenvalue weighted by Crippen LogP contribution is -2.35.